The monoisotopic (exact) mass is 361 g/mol. The van der Waals surface area contributed by atoms with E-state index in [9.17, 15) is 14.4 Å². The molecule has 140 valence electrons. The molecule has 7 nitrogen and oxygen atoms in total. The van der Waals surface area contributed by atoms with Crippen molar-refractivity contribution in [1.29, 1.82) is 0 Å². The third kappa shape index (κ3) is 5.61. The normalized spacial score (nSPS) is 11.8. The predicted octanol–water partition coefficient (Wildman–Crippen LogP) is 2.33. The van der Waals surface area contributed by atoms with Gasteiger partial charge >= 0.3 is 11.6 Å². The van der Waals surface area contributed by atoms with Crippen LogP contribution >= 0.6 is 0 Å². The highest BCUT2D eigenvalue weighted by Gasteiger charge is 2.11. The zero-order valence-electron chi connectivity index (χ0n) is 15.2. The first kappa shape index (κ1) is 19.5. The van der Waals surface area contributed by atoms with Crippen LogP contribution in [0.3, 0.4) is 0 Å². The van der Waals surface area contributed by atoms with E-state index in [4.69, 9.17) is 13.9 Å². The van der Waals surface area contributed by atoms with Gasteiger partial charge in [0.2, 0.25) is 0 Å². The van der Waals surface area contributed by atoms with E-state index < -0.39 is 11.6 Å². The van der Waals surface area contributed by atoms with Gasteiger partial charge in [0.05, 0.1) is 0 Å². The SMILES string of the molecule is CCC[C@@H](C)NC(=O)COC(=O)COc1ccc2c(C)cc(=O)oc2c1. The summed E-state index contributed by atoms with van der Waals surface area (Å²) in [6, 6.07) is 6.40. The maximum absolute atomic E-state index is 11.7. The summed E-state index contributed by atoms with van der Waals surface area (Å²) in [7, 11) is 0. The van der Waals surface area contributed by atoms with E-state index in [2.05, 4.69) is 5.32 Å². The Morgan fingerprint density at radius 3 is 2.73 bits per heavy atom. The van der Waals surface area contributed by atoms with Crippen molar-refractivity contribution in [3.05, 3.63) is 40.2 Å². The Balaban J connectivity index is 1.84. The number of carbonyl (C=O) groups excluding carboxylic acids is 2. The van der Waals surface area contributed by atoms with Crippen molar-refractivity contribution < 1.29 is 23.5 Å². The van der Waals surface area contributed by atoms with Gasteiger partial charge < -0.3 is 19.2 Å². The fourth-order valence-corrected chi connectivity index (χ4v) is 2.55. The van der Waals surface area contributed by atoms with Crippen LogP contribution in [0, 0.1) is 6.92 Å². The van der Waals surface area contributed by atoms with Gasteiger partial charge in [-0.1, -0.05) is 13.3 Å². The van der Waals surface area contributed by atoms with Crippen molar-refractivity contribution in [2.45, 2.75) is 39.7 Å². The molecule has 0 aliphatic heterocycles. The fourth-order valence-electron chi connectivity index (χ4n) is 2.55. The maximum atomic E-state index is 11.7. The van der Waals surface area contributed by atoms with Crippen LogP contribution in [-0.4, -0.2) is 31.1 Å². The molecule has 1 heterocycles. The Hall–Kier alpha value is -2.83. The zero-order valence-corrected chi connectivity index (χ0v) is 15.2. The summed E-state index contributed by atoms with van der Waals surface area (Å²) in [5, 5.41) is 3.53. The first-order valence-corrected chi connectivity index (χ1v) is 8.51. The molecule has 1 amide bonds. The predicted molar refractivity (Wildman–Crippen MR) is 96.2 cm³/mol. The molecule has 1 aromatic carbocycles. The van der Waals surface area contributed by atoms with Gasteiger partial charge in [-0.05, 0) is 38.0 Å². The van der Waals surface area contributed by atoms with Crippen LogP contribution in [0.15, 0.2) is 33.5 Å². The summed E-state index contributed by atoms with van der Waals surface area (Å²) < 4.78 is 15.3. The van der Waals surface area contributed by atoms with Crippen molar-refractivity contribution in [3.8, 4) is 5.75 Å². The van der Waals surface area contributed by atoms with Crippen LogP contribution in [0.1, 0.15) is 32.3 Å². The third-order valence-electron chi connectivity index (χ3n) is 3.77. The largest absolute Gasteiger partial charge is 0.482 e. The molecule has 0 saturated heterocycles. The van der Waals surface area contributed by atoms with Gasteiger partial charge in [-0.3, -0.25) is 4.79 Å². The third-order valence-corrected chi connectivity index (χ3v) is 3.77. The number of amides is 1. The van der Waals surface area contributed by atoms with E-state index in [0.717, 1.165) is 23.8 Å². The van der Waals surface area contributed by atoms with Gasteiger partial charge in [-0.25, -0.2) is 9.59 Å². The number of ether oxygens (including phenoxy) is 2. The van der Waals surface area contributed by atoms with Crippen molar-refractivity contribution >= 4 is 22.8 Å². The summed E-state index contributed by atoms with van der Waals surface area (Å²) in [4.78, 5) is 34.8. The van der Waals surface area contributed by atoms with Crippen LogP contribution in [0.5, 0.6) is 5.75 Å². The van der Waals surface area contributed by atoms with Crippen LogP contribution in [0.4, 0.5) is 0 Å². The van der Waals surface area contributed by atoms with E-state index in [1.807, 2.05) is 20.8 Å². The number of hydrogen-bond acceptors (Lipinski definition) is 6. The molecule has 0 radical (unpaired) electrons. The lowest BCUT2D eigenvalue weighted by Crippen LogP contribution is -2.36. The molecular weight excluding hydrogens is 338 g/mol. The lowest BCUT2D eigenvalue weighted by Gasteiger charge is -2.13. The molecule has 0 aliphatic carbocycles. The average Bonchev–Trinajstić information content (AvgIpc) is 2.57. The molecule has 2 rings (SSSR count). The molecule has 1 N–H and O–H groups in total. The zero-order chi connectivity index (χ0) is 19.1. The highest BCUT2D eigenvalue weighted by molar-refractivity contribution is 5.82. The first-order chi connectivity index (χ1) is 12.4. The molecular formula is C19H23NO6. The summed E-state index contributed by atoms with van der Waals surface area (Å²) in [6.45, 7) is 5.04. The van der Waals surface area contributed by atoms with Gasteiger partial charge in [0.1, 0.15) is 11.3 Å². The second kappa shape index (κ2) is 9.03. The minimum absolute atomic E-state index is 0.0400. The van der Waals surface area contributed by atoms with E-state index in [0.29, 0.717) is 11.3 Å². The topological polar surface area (TPSA) is 94.8 Å². The van der Waals surface area contributed by atoms with Gasteiger partial charge in [0.15, 0.2) is 13.2 Å². The van der Waals surface area contributed by atoms with Crippen LogP contribution in [-0.2, 0) is 14.3 Å². The lowest BCUT2D eigenvalue weighted by molar-refractivity contribution is -0.150. The Morgan fingerprint density at radius 1 is 1.23 bits per heavy atom. The van der Waals surface area contributed by atoms with Crippen molar-refractivity contribution in [2.24, 2.45) is 0 Å². The van der Waals surface area contributed by atoms with Crippen LogP contribution < -0.4 is 15.7 Å². The Morgan fingerprint density at radius 2 is 2.00 bits per heavy atom. The number of esters is 1. The summed E-state index contributed by atoms with van der Waals surface area (Å²) in [5.74, 6) is -0.638. The quantitative estimate of drug-likeness (QED) is 0.573. The molecule has 0 unspecified atom stereocenters. The van der Waals surface area contributed by atoms with Crippen molar-refractivity contribution in [2.75, 3.05) is 13.2 Å². The van der Waals surface area contributed by atoms with Gasteiger partial charge in [0, 0.05) is 23.6 Å². The Labute approximate surface area is 151 Å². The highest BCUT2D eigenvalue weighted by atomic mass is 16.6. The summed E-state index contributed by atoms with van der Waals surface area (Å²) in [5.41, 5.74) is 0.727. The number of hydrogen-bond donors (Lipinski definition) is 1. The molecule has 26 heavy (non-hydrogen) atoms. The van der Waals surface area contributed by atoms with Crippen LogP contribution in [0.25, 0.3) is 11.0 Å². The number of carbonyl (C=O) groups is 2. The number of benzene rings is 1. The molecule has 7 heteroatoms. The molecule has 0 bridgehead atoms. The number of fused-ring (bicyclic) bond motifs is 1. The number of nitrogens with one attached hydrogen (secondary N) is 1. The number of aryl methyl sites for hydroxylation is 1. The second-order valence-corrected chi connectivity index (χ2v) is 6.11. The average molecular weight is 361 g/mol. The van der Waals surface area contributed by atoms with E-state index in [1.165, 1.54) is 12.1 Å². The highest BCUT2D eigenvalue weighted by Crippen LogP contribution is 2.22. The summed E-state index contributed by atoms with van der Waals surface area (Å²) in [6.07, 6.45) is 1.82. The molecule has 0 fully saturated rings. The first-order valence-electron chi connectivity index (χ1n) is 8.51. The van der Waals surface area contributed by atoms with Gasteiger partial charge in [0.25, 0.3) is 5.91 Å². The van der Waals surface area contributed by atoms with Crippen molar-refractivity contribution in [1.82, 2.24) is 5.32 Å². The Bertz CT molecular complexity index is 842. The Kier molecular flexibility index (Phi) is 6.77. The van der Waals surface area contributed by atoms with E-state index >= 15 is 0 Å². The molecule has 0 aliphatic rings. The van der Waals surface area contributed by atoms with E-state index in [1.54, 1.807) is 12.1 Å². The van der Waals surface area contributed by atoms with Crippen LogP contribution in [0.2, 0.25) is 0 Å². The van der Waals surface area contributed by atoms with E-state index in [-0.39, 0.29) is 25.2 Å². The van der Waals surface area contributed by atoms with Gasteiger partial charge in [-0.15, -0.1) is 0 Å². The number of rotatable bonds is 8. The standard InChI is InChI=1S/C19H23NO6/c1-4-5-13(3)20-17(21)10-25-19(23)11-24-14-6-7-15-12(2)8-18(22)26-16(15)9-14/h6-9,13H,4-5,10-11H2,1-3H3,(H,20,21)/t13-/m1/s1. The molecule has 2 aromatic rings. The minimum atomic E-state index is -0.658. The molecule has 0 saturated carbocycles. The summed E-state index contributed by atoms with van der Waals surface area (Å²) >= 11 is 0. The fraction of sp³-hybridized carbons (Fsp3) is 0.421. The molecule has 1 aromatic heterocycles. The molecule has 0 spiro atoms. The smallest absolute Gasteiger partial charge is 0.344 e. The van der Waals surface area contributed by atoms with Crippen molar-refractivity contribution in [3.63, 3.8) is 0 Å². The lowest BCUT2D eigenvalue weighted by atomic mass is 10.1. The molecule has 1 atom stereocenters. The minimum Gasteiger partial charge on any atom is -0.482 e. The second-order valence-electron chi connectivity index (χ2n) is 6.11. The van der Waals surface area contributed by atoms with Gasteiger partial charge in [-0.2, -0.15) is 0 Å². The maximum Gasteiger partial charge on any atom is 0.344 e.